The van der Waals surface area contributed by atoms with E-state index in [0.717, 1.165) is 24.2 Å². The summed E-state index contributed by atoms with van der Waals surface area (Å²) in [7, 11) is 3.65. The molecule has 0 radical (unpaired) electrons. The Morgan fingerprint density at radius 2 is 1.89 bits per heavy atom. The molecule has 0 aromatic heterocycles. The van der Waals surface area contributed by atoms with Crippen molar-refractivity contribution in [1.82, 2.24) is 9.80 Å². The van der Waals surface area contributed by atoms with Crippen LogP contribution < -0.4 is 14.8 Å². The summed E-state index contributed by atoms with van der Waals surface area (Å²) >= 11 is 0. The lowest BCUT2D eigenvalue weighted by Crippen LogP contribution is -2.47. The zero-order valence-corrected chi connectivity index (χ0v) is 27.4. The topological polar surface area (TPSA) is 101 Å². The molecule has 0 spiro atoms. The van der Waals surface area contributed by atoms with E-state index >= 15 is 0 Å². The van der Waals surface area contributed by atoms with Gasteiger partial charge in [-0.3, -0.25) is 14.5 Å². The summed E-state index contributed by atoms with van der Waals surface area (Å²) in [6.45, 7) is 7.47. The summed E-state index contributed by atoms with van der Waals surface area (Å²) in [6.07, 6.45) is -4.53. The van der Waals surface area contributed by atoms with E-state index in [2.05, 4.69) is 10.2 Å². The molecule has 4 atom stereocenters. The highest BCUT2D eigenvalue weighted by atomic mass is 19.4. The standard InChI is InChI=1S/C34H48F3N3O6/c1-23-19-40(24(2)22-41)33(43)29-18-27(38-32(42)15-16-34(35,36)37)11-14-30(29)46-25(3)8-6-7-17-45-31(23)21-39(4)20-26-9-12-28(44-5)13-10-26/h9-14,18,23-25,31,41H,6-8,15-17,19-22H2,1-5H3,(H,38,42)/t23-,24+,25-,31-/m1/s1. The zero-order chi connectivity index (χ0) is 33.9. The monoisotopic (exact) mass is 651 g/mol. The minimum Gasteiger partial charge on any atom is -0.497 e. The Hall–Kier alpha value is -3.35. The number of aliphatic hydroxyl groups is 1. The Bertz CT molecular complexity index is 1260. The quantitative estimate of drug-likeness (QED) is 0.330. The van der Waals surface area contributed by atoms with Crippen molar-refractivity contribution in [3.8, 4) is 11.5 Å². The molecule has 256 valence electrons. The second-order valence-corrected chi connectivity index (χ2v) is 12.2. The number of aliphatic hydroxyl groups excluding tert-OH is 1. The molecule has 0 saturated carbocycles. The van der Waals surface area contributed by atoms with Gasteiger partial charge in [-0.2, -0.15) is 13.2 Å². The van der Waals surface area contributed by atoms with E-state index in [1.54, 1.807) is 25.0 Å². The molecule has 0 saturated heterocycles. The van der Waals surface area contributed by atoms with Crippen LogP contribution in [0.25, 0.3) is 0 Å². The molecule has 3 rings (SSSR count). The van der Waals surface area contributed by atoms with E-state index in [9.17, 15) is 27.9 Å². The number of carbonyl (C=O) groups is 2. The largest absolute Gasteiger partial charge is 0.497 e. The molecule has 9 nitrogen and oxygen atoms in total. The van der Waals surface area contributed by atoms with Gasteiger partial charge in [0.15, 0.2) is 0 Å². The van der Waals surface area contributed by atoms with Crippen molar-refractivity contribution in [2.24, 2.45) is 5.92 Å². The number of carbonyl (C=O) groups excluding carboxylic acids is 2. The van der Waals surface area contributed by atoms with Gasteiger partial charge in [0.1, 0.15) is 11.5 Å². The number of hydrogen-bond acceptors (Lipinski definition) is 7. The van der Waals surface area contributed by atoms with E-state index in [4.69, 9.17) is 14.2 Å². The Labute approximate surface area is 270 Å². The number of fused-ring (bicyclic) bond motifs is 1. The van der Waals surface area contributed by atoms with E-state index in [-0.39, 0.29) is 42.5 Å². The number of nitrogens with one attached hydrogen (secondary N) is 1. The van der Waals surface area contributed by atoms with Gasteiger partial charge in [0.05, 0.1) is 44.0 Å². The van der Waals surface area contributed by atoms with Gasteiger partial charge < -0.3 is 29.5 Å². The molecular weight excluding hydrogens is 603 g/mol. The molecular formula is C34H48F3N3O6. The molecule has 12 heteroatoms. The second kappa shape index (κ2) is 17.5. The van der Waals surface area contributed by atoms with Gasteiger partial charge in [-0.1, -0.05) is 19.1 Å². The maximum atomic E-state index is 14.2. The molecule has 1 aliphatic rings. The molecule has 0 aliphatic carbocycles. The van der Waals surface area contributed by atoms with E-state index in [1.807, 2.05) is 45.2 Å². The zero-order valence-electron chi connectivity index (χ0n) is 27.4. The van der Waals surface area contributed by atoms with Gasteiger partial charge >= 0.3 is 6.18 Å². The molecule has 0 fully saturated rings. The fourth-order valence-corrected chi connectivity index (χ4v) is 5.36. The van der Waals surface area contributed by atoms with Crippen molar-refractivity contribution in [3.63, 3.8) is 0 Å². The number of nitrogens with zero attached hydrogens (tertiary/aromatic N) is 2. The number of anilines is 1. The summed E-state index contributed by atoms with van der Waals surface area (Å²) in [4.78, 5) is 30.2. The Kier molecular flexibility index (Phi) is 14.1. The van der Waals surface area contributed by atoms with Crippen molar-refractivity contribution in [2.45, 2.75) is 83.8 Å². The summed E-state index contributed by atoms with van der Waals surface area (Å²) in [6, 6.07) is 11.8. The smallest absolute Gasteiger partial charge is 0.389 e. The Balaban J connectivity index is 1.87. The summed E-state index contributed by atoms with van der Waals surface area (Å²) in [5.74, 6) is -0.280. The molecule has 1 heterocycles. The van der Waals surface area contributed by atoms with E-state index < -0.39 is 36.9 Å². The lowest BCUT2D eigenvalue weighted by atomic mass is 10.0. The summed E-state index contributed by atoms with van der Waals surface area (Å²) < 4.78 is 55.8. The summed E-state index contributed by atoms with van der Waals surface area (Å²) in [5, 5.41) is 12.6. The van der Waals surface area contributed by atoms with Crippen LogP contribution in [0.15, 0.2) is 42.5 Å². The van der Waals surface area contributed by atoms with Gasteiger partial charge in [-0.25, -0.2) is 0 Å². The second-order valence-electron chi connectivity index (χ2n) is 12.2. The minimum atomic E-state index is -4.46. The third-order valence-electron chi connectivity index (χ3n) is 8.07. The maximum absolute atomic E-state index is 14.2. The number of methoxy groups -OCH3 is 1. The molecule has 2 N–H and O–H groups in total. The molecule has 2 aromatic carbocycles. The lowest BCUT2D eigenvalue weighted by Gasteiger charge is -2.36. The van der Waals surface area contributed by atoms with Crippen molar-refractivity contribution < 1.29 is 42.1 Å². The van der Waals surface area contributed by atoms with Crippen molar-refractivity contribution in [1.29, 1.82) is 0 Å². The first kappa shape index (κ1) is 37.1. The van der Waals surface area contributed by atoms with Crippen LogP contribution in [-0.4, -0.2) is 91.6 Å². The molecule has 46 heavy (non-hydrogen) atoms. The molecule has 2 aromatic rings. The van der Waals surface area contributed by atoms with Crippen molar-refractivity contribution >= 4 is 17.5 Å². The average molecular weight is 652 g/mol. The van der Waals surface area contributed by atoms with E-state index in [1.165, 1.54) is 12.1 Å². The number of amides is 2. The van der Waals surface area contributed by atoms with Gasteiger partial charge in [-0.05, 0) is 76.1 Å². The number of hydrogen-bond donors (Lipinski definition) is 2. The predicted molar refractivity (Wildman–Crippen MR) is 170 cm³/mol. The third-order valence-corrected chi connectivity index (χ3v) is 8.07. The number of alkyl halides is 3. The first-order chi connectivity index (χ1) is 21.8. The molecule has 1 aliphatic heterocycles. The van der Waals surface area contributed by atoms with Crippen LogP contribution in [0.3, 0.4) is 0 Å². The average Bonchev–Trinajstić information content (AvgIpc) is 3.01. The minimum absolute atomic E-state index is 0.132. The molecule has 2 amide bonds. The normalized spacial score (nSPS) is 20.8. The van der Waals surface area contributed by atoms with Crippen LogP contribution in [-0.2, 0) is 16.1 Å². The SMILES string of the molecule is COc1ccc(CN(C)C[C@H]2OCCCC[C@@H](C)Oc3ccc(NC(=O)CCC(F)(F)F)cc3C(=O)N([C@@H](C)CO)C[C@H]2C)cc1. The number of ether oxygens (including phenoxy) is 3. The predicted octanol–water partition coefficient (Wildman–Crippen LogP) is 5.90. The van der Waals surface area contributed by atoms with Crippen LogP contribution in [0.1, 0.15) is 68.8 Å². The van der Waals surface area contributed by atoms with Gasteiger partial charge in [0, 0.05) is 44.3 Å². The fraction of sp³-hybridized carbons (Fsp3) is 0.588. The van der Waals surface area contributed by atoms with E-state index in [0.29, 0.717) is 31.9 Å². The van der Waals surface area contributed by atoms with Crippen molar-refractivity contribution in [2.75, 3.05) is 45.8 Å². The highest BCUT2D eigenvalue weighted by Gasteiger charge is 2.31. The van der Waals surface area contributed by atoms with Crippen LogP contribution in [0, 0.1) is 5.92 Å². The van der Waals surface area contributed by atoms with Crippen molar-refractivity contribution in [3.05, 3.63) is 53.6 Å². The lowest BCUT2D eigenvalue weighted by molar-refractivity contribution is -0.142. The highest BCUT2D eigenvalue weighted by molar-refractivity contribution is 5.99. The number of benzene rings is 2. The van der Waals surface area contributed by atoms with Gasteiger partial charge in [0.2, 0.25) is 5.91 Å². The number of rotatable bonds is 10. The third kappa shape index (κ3) is 11.8. The highest BCUT2D eigenvalue weighted by Crippen LogP contribution is 2.29. The first-order valence-electron chi connectivity index (χ1n) is 15.8. The van der Waals surface area contributed by atoms with Crippen LogP contribution in [0.5, 0.6) is 11.5 Å². The fourth-order valence-electron chi connectivity index (χ4n) is 5.36. The summed E-state index contributed by atoms with van der Waals surface area (Å²) in [5.41, 5.74) is 1.45. The molecule has 0 bridgehead atoms. The number of halogens is 3. The van der Waals surface area contributed by atoms with Gasteiger partial charge in [0.25, 0.3) is 5.91 Å². The first-order valence-corrected chi connectivity index (χ1v) is 15.8. The Morgan fingerprint density at radius 3 is 2.54 bits per heavy atom. The Morgan fingerprint density at radius 1 is 1.17 bits per heavy atom. The number of likely N-dealkylation sites (N-methyl/N-ethyl adjacent to an activating group) is 1. The maximum Gasteiger partial charge on any atom is 0.389 e. The van der Waals surface area contributed by atoms with Crippen LogP contribution in [0.4, 0.5) is 18.9 Å². The van der Waals surface area contributed by atoms with Crippen LogP contribution >= 0.6 is 0 Å². The van der Waals surface area contributed by atoms with Crippen LogP contribution in [0.2, 0.25) is 0 Å². The van der Waals surface area contributed by atoms with Gasteiger partial charge in [-0.15, -0.1) is 0 Å². The molecule has 0 unspecified atom stereocenters.